The Bertz CT molecular complexity index is 576. The lowest BCUT2D eigenvalue weighted by atomic mass is 9.62. The lowest BCUT2D eigenvalue weighted by Gasteiger charge is -2.45. The van der Waals surface area contributed by atoms with E-state index in [9.17, 15) is 19.8 Å². The molecular weight excluding hydrogens is 356 g/mol. The zero-order valence-corrected chi connectivity index (χ0v) is 17.1. The molecule has 0 saturated heterocycles. The Labute approximate surface area is 168 Å². The minimum absolute atomic E-state index is 0.0707. The second-order valence-corrected chi connectivity index (χ2v) is 8.56. The molecule has 0 spiro atoms. The van der Waals surface area contributed by atoms with Crippen molar-refractivity contribution in [2.45, 2.75) is 89.8 Å². The number of carbonyl (C=O) groups is 2. The summed E-state index contributed by atoms with van der Waals surface area (Å²) in [4.78, 5) is 22.8. The van der Waals surface area contributed by atoms with Crippen LogP contribution in [-0.2, 0) is 9.59 Å². The van der Waals surface area contributed by atoms with Gasteiger partial charge in [0.1, 0.15) is 5.78 Å². The minimum Gasteiger partial charge on any atom is -0.481 e. The predicted molar refractivity (Wildman–Crippen MR) is 109 cm³/mol. The lowest BCUT2D eigenvalue weighted by Crippen LogP contribution is -2.41. The van der Waals surface area contributed by atoms with Crippen molar-refractivity contribution in [3.63, 3.8) is 0 Å². The average Bonchev–Trinajstić information content (AvgIpc) is 2.87. The number of carbonyl (C=O) groups excluding carboxylic acids is 1. The molecule has 5 heteroatoms. The van der Waals surface area contributed by atoms with Crippen LogP contribution in [0.2, 0.25) is 0 Å². The maximum Gasteiger partial charge on any atom is 0.303 e. The zero-order valence-electron chi connectivity index (χ0n) is 17.1. The average molecular weight is 393 g/mol. The van der Waals surface area contributed by atoms with E-state index in [0.717, 1.165) is 25.7 Å². The van der Waals surface area contributed by atoms with Gasteiger partial charge in [-0.05, 0) is 50.4 Å². The summed E-state index contributed by atoms with van der Waals surface area (Å²) in [5.74, 6) is -1.14. The zero-order chi connectivity index (χ0) is 20.6. The van der Waals surface area contributed by atoms with Crippen molar-refractivity contribution in [2.24, 2.45) is 17.3 Å². The van der Waals surface area contributed by atoms with E-state index in [4.69, 9.17) is 5.11 Å². The largest absolute Gasteiger partial charge is 0.481 e. The molecule has 28 heavy (non-hydrogen) atoms. The van der Waals surface area contributed by atoms with Gasteiger partial charge in [0.15, 0.2) is 0 Å². The van der Waals surface area contributed by atoms with Gasteiger partial charge in [0.05, 0.1) is 12.2 Å². The first-order chi connectivity index (χ1) is 13.4. The first-order valence-corrected chi connectivity index (χ1v) is 10.8. The molecule has 0 aliphatic heterocycles. The van der Waals surface area contributed by atoms with Crippen molar-refractivity contribution in [1.82, 2.24) is 0 Å². The molecule has 2 aliphatic rings. The van der Waals surface area contributed by atoms with Gasteiger partial charge in [-0.1, -0.05) is 44.1 Å². The lowest BCUT2D eigenvalue weighted by molar-refractivity contribution is -0.137. The highest BCUT2D eigenvalue weighted by molar-refractivity contribution is 5.84. The quantitative estimate of drug-likeness (QED) is 0.344. The van der Waals surface area contributed by atoms with Crippen molar-refractivity contribution >= 4 is 11.8 Å². The van der Waals surface area contributed by atoms with Crippen molar-refractivity contribution in [2.75, 3.05) is 0 Å². The first-order valence-electron chi connectivity index (χ1n) is 10.8. The maximum absolute atomic E-state index is 12.2. The summed E-state index contributed by atoms with van der Waals surface area (Å²) < 4.78 is 0. The summed E-state index contributed by atoms with van der Waals surface area (Å²) in [6.07, 6.45) is 15.0. The Morgan fingerprint density at radius 3 is 2.64 bits per heavy atom. The van der Waals surface area contributed by atoms with Crippen molar-refractivity contribution in [3.8, 4) is 0 Å². The first kappa shape index (κ1) is 22.8. The molecule has 0 bridgehead atoms. The smallest absolute Gasteiger partial charge is 0.303 e. The predicted octanol–water partition coefficient (Wildman–Crippen LogP) is 4.03. The normalized spacial score (nSPS) is 28.1. The van der Waals surface area contributed by atoms with Crippen LogP contribution in [0.1, 0.15) is 77.6 Å². The number of aliphatic hydroxyl groups is 2. The monoisotopic (exact) mass is 392 g/mol. The van der Waals surface area contributed by atoms with Crippen LogP contribution in [0.4, 0.5) is 0 Å². The number of allylic oxidation sites excluding steroid dienone is 2. The molecule has 3 N–H and O–H groups in total. The van der Waals surface area contributed by atoms with E-state index in [-0.39, 0.29) is 42.0 Å². The number of ketones is 1. The van der Waals surface area contributed by atoms with Gasteiger partial charge in [0.25, 0.3) is 0 Å². The number of aliphatic hydroxyl groups excluding tert-OH is 2. The van der Waals surface area contributed by atoms with E-state index in [1.807, 2.05) is 24.3 Å². The third kappa shape index (κ3) is 6.02. The summed E-state index contributed by atoms with van der Waals surface area (Å²) in [6, 6.07) is 0. The molecule has 0 aromatic heterocycles. The number of hydrogen-bond donors (Lipinski definition) is 3. The Hall–Kier alpha value is -1.46. The number of carboxylic acids is 1. The van der Waals surface area contributed by atoms with Gasteiger partial charge in [0, 0.05) is 24.7 Å². The van der Waals surface area contributed by atoms with E-state index < -0.39 is 12.1 Å². The van der Waals surface area contributed by atoms with Crippen LogP contribution in [-0.4, -0.2) is 39.3 Å². The van der Waals surface area contributed by atoms with Crippen LogP contribution in [0.5, 0.6) is 0 Å². The molecule has 0 heterocycles. The highest BCUT2D eigenvalue weighted by Gasteiger charge is 2.42. The van der Waals surface area contributed by atoms with Crippen molar-refractivity contribution in [1.29, 1.82) is 0 Å². The Morgan fingerprint density at radius 2 is 2.04 bits per heavy atom. The molecule has 0 aromatic rings. The summed E-state index contributed by atoms with van der Waals surface area (Å²) in [5, 5.41) is 29.6. The van der Waals surface area contributed by atoms with Gasteiger partial charge in [-0.2, -0.15) is 0 Å². The van der Waals surface area contributed by atoms with Crippen LogP contribution >= 0.6 is 0 Å². The number of carboxylic acid groups (broad SMARTS) is 1. The third-order valence-electron chi connectivity index (χ3n) is 6.57. The fraction of sp³-hybridized carbons (Fsp3) is 0.739. The van der Waals surface area contributed by atoms with Crippen LogP contribution < -0.4 is 0 Å². The standard InChI is InChI=1S/C23H36O5/c1-2-13-23(14-8-15-23)21(26)11-7-10-18-17(19(24)16-20(18)25)9-5-3-4-6-12-22(27)28/h3,5,7,10,17-18,20-21,25-26H,2,4,6,8-9,11-16H2,1H3,(H,27,28)/t17-,18-,20-,21-/m1/s1. The minimum atomic E-state index is -0.794. The summed E-state index contributed by atoms with van der Waals surface area (Å²) >= 11 is 0. The fourth-order valence-corrected chi connectivity index (χ4v) is 4.75. The van der Waals surface area contributed by atoms with Gasteiger partial charge in [-0.3, -0.25) is 9.59 Å². The number of Topliss-reactive ketones (excluding diaryl/α,β-unsaturated/α-hetero) is 1. The molecule has 4 atom stereocenters. The van der Waals surface area contributed by atoms with Crippen molar-refractivity contribution in [3.05, 3.63) is 24.3 Å². The van der Waals surface area contributed by atoms with Gasteiger partial charge >= 0.3 is 5.97 Å². The number of rotatable bonds is 12. The van der Waals surface area contributed by atoms with Gasteiger partial charge in [0.2, 0.25) is 0 Å². The highest BCUT2D eigenvalue weighted by Crippen LogP contribution is 2.48. The molecule has 0 amide bonds. The summed E-state index contributed by atoms with van der Waals surface area (Å²) in [7, 11) is 0. The molecule has 2 aliphatic carbocycles. The third-order valence-corrected chi connectivity index (χ3v) is 6.57. The topological polar surface area (TPSA) is 94.8 Å². The van der Waals surface area contributed by atoms with E-state index in [2.05, 4.69) is 6.92 Å². The van der Waals surface area contributed by atoms with Crippen LogP contribution in [0, 0.1) is 17.3 Å². The number of hydrogen-bond acceptors (Lipinski definition) is 4. The molecule has 2 rings (SSSR count). The van der Waals surface area contributed by atoms with Gasteiger partial charge in [-0.15, -0.1) is 0 Å². The maximum atomic E-state index is 12.2. The Kier molecular flexibility index (Phi) is 8.90. The Morgan fingerprint density at radius 1 is 1.29 bits per heavy atom. The van der Waals surface area contributed by atoms with E-state index >= 15 is 0 Å². The van der Waals surface area contributed by atoms with Gasteiger partial charge < -0.3 is 15.3 Å². The second kappa shape index (κ2) is 10.9. The number of unbranched alkanes of at least 4 members (excludes halogenated alkanes) is 1. The second-order valence-electron chi connectivity index (χ2n) is 8.56. The van der Waals surface area contributed by atoms with Crippen LogP contribution in [0.3, 0.4) is 0 Å². The molecule has 0 radical (unpaired) electrons. The van der Waals surface area contributed by atoms with E-state index in [1.165, 1.54) is 6.42 Å². The van der Waals surface area contributed by atoms with E-state index in [0.29, 0.717) is 25.7 Å². The fourth-order valence-electron chi connectivity index (χ4n) is 4.75. The number of aliphatic carboxylic acids is 1. The van der Waals surface area contributed by atoms with Crippen molar-refractivity contribution < 1.29 is 24.9 Å². The molecule has 0 aromatic carbocycles. The SMILES string of the molecule is CCCC1([C@H](O)CC=C[C@H]2[C@H](O)CC(=O)[C@@H]2CC=CCCCC(=O)O)CCC1. The molecule has 5 nitrogen and oxygen atoms in total. The summed E-state index contributed by atoms with van der Waals surface area (Å²) in [5.41, 5.74) is 0.0707. The molecule has 0 unspecified atom stereocenters. The van der Waals surface area contributed by atoms with Crippen LogP contribution in [0.25, 0.3) is 0 Å². The van der Waals surface area contributed by atoms with Gasteiger partial charge in [-0.25, -0.2) is 0 Å². The highest BCUT2D eigenvalue weighted by atomic mass is 16.4. The van der Waals surface area contributed by atoms with E-state index in [1.54, 1.807) is 0 Å². The van der Waals surface area contributed by atoms with Crippen LogP contribution in [0.15, 0.2) is 24.3 Å². The molecule has 2 saturated carbocycles. The molecular formula is C23H36O5. The molecule has 2 fully saturated rings. The molecule has 158 valence electrons. The Balaban J connectivity index is 1.85. The summed E-state index contributed by atoms with van der Waals surface area (Å²) in [6.45, 7) is 2.16.